The van der Waals surface area contributed by atoms with Gasteiger partial charge in [-0.25, -0.2) is 15.0 Å². The van der Waals surface area contributed by atoms with E-state index in [9.17, 15) is 0 Å². The highest BCUT2D eigenvalue weighted by molar-refractivity contribution is 5.72. The summed E-state index contributed by atoms with van der Waals surface area (Å²) in [4.78, 5) is 13.0. The van der Waals surface area contributed by atoms with Gasteiger partial charge in [-0.2, -0.15) is 0 Å². The zero-order chi connectivity index (χ0) is 12.7. The Morgan fingerprint density at radius 3 is 2.78 bits per heavy atom. The van der Waals surface area contributed by atoms with Gasteiger partial charge >= 0.3 is 0 Å². The Balaban J connectivity index is 2.27. The summed E-state index contributed by atoms with van der Waals surface area (Å²) in [6, 6.07) is 5.81. The van der Waals surface area contributed by atoms with Crippen LogP contribution in [-0.4, -0.2) is 19.4 Å². The molecule has 0 radical (unpaired) electrons. The number of nitrogen functional groups attached to an aromatic ring is 1. The van der Waals surface area contributed by atoms with Gasteiger partial charge in [-0.15, -0.1) is 0 Å². The predicted octanol–water partition coefficient (Wildman–Crippen LogP) is 1.99. The van der Waals surface area contributed by atoms with E-state index in [4.69, 9.17) is 5.73 Å². The first-order chi connectivity index (χ1) is 8.65. The minimum Gasteiger partial charge on any atom is -0.383 e. The molecule has 3 heterocycles. The van der Waals surface area contributed by atoms with Crippen molar-refractivity contribution < 1.29 is 0 Å². The molecular weight excluding hydrogens is 226 g/mol. The summed E-state index contributed by atoms with van der Waals surface area (Å²) in [5.41, 5.74) is 9.55. The van der Waals surface area contributed by atoms with E-state index < -0.39 is 0 Å². The molecule has 0 aliphatic rings. The van der Waals surface area contributed by atoms with Gasteiger partial charge in [0.1, 0.15) is 23.0 Å². The largest absolute Gasteiger partial charge is 0.383 e. The van der Waals surface area contributed by atoms with Crippen LogP contribution in [0.15, 0.2) is 30.6 Å². The number of imidazole rings is 1. The Morgan fingerprint density at radius 2 is 2.00 bits per heavy atom. The Labute approximate surface area is 104 Å². The van der Waals surface area contributed by atoms with E-state index in [1.54, 1.807) is 6.20 Å². The van der Waals surface area contributed by atoms with Crippen LogP contribution in [0.3, 0.4) is 0 Å². The number of aromatic nitrogens is 4. The first kappa shape index (κ1) is 10.7. The second-order valence-corrected chi connectivity index (χ2v) is 4.27. The van der Waals surface area contributed by atoms with Crippen molar-refractivity contribution in [1.29, 1.82) is 0 Å². The van der Waals surface area contributed by atoms with E-state index in [2.05, 4.69) is 15.0 Å². The third kappa shape index (κ3) is 1.60. The van der Waals surface area contributed by atoms with Crippen molar-refractivity contribution in [2.24, 2.45) is 0 Å². The van der Waals surface area contributed by atoms with Gasteiger partial charge < -0.3 is 5.73 Å². The van der Waals surface area contributed by atoms with Crippen LogP contribution < -0.4 is 5.73 Å². The average Bonchev–Trinajstić information content (AvgIpc) is 2.66. The van der Waals surface area contributed by atoms with Crippen molar-refractivity contribution in [3.63, 3.8) is 0 Å². The molecule has 0 aromatic carbocycles. The minimum absolute atomic E-state index is 0.600. The van der Waals surface area contributed by atoms with Crippen molar-refractivity contribution >= 4 is 11.5 Å². The molecule has 0 aliphatic heterocycles. The van der Waals surface area contributed by atoms with Crippen LogP contribution in [-0.2, 0) is 0 Å². The van der Waals surface area contributed by atoms with Crippen molar-refractivity contribution in [2.75, 3.05) is 5.73 Å². The minimum atomic E-state index is 0.600. The molecule has 0 amide bonds. The van der Waals surface area contributed by atoms with Crippen LogP contribution in [0.25, 0.3) is 17.0 Å². The lowest BCUT2D eigenvalue weighted by Gasteiger charge is -1.99. The maximum atomic E-state index is 6.11. The SMILES string of the molecule is Cc1ccn2c(N)c(-c3ccnc(C)n3)nc2c1. The van der Waals surface area contributed by atoms with Crippen molar-refractivity contribution in [3.05, 3.63) is 42.0 Å². The second-order valence-electron chi connectivity index (χ2n) is 4.27. The van der Waals surface area contributed by atoms with Crippen molar-refractivity contribution in [3.8, 4) is 11.4 Å². The first-order valence-corrected chi connectivity index (χ1v) is 5.69. The monoisotopic (exact) mass is 239 g/mol. The number of nitrogens with two attached hydrogens (primary N) is 1. The second kappa shape index (κ2) is 3.80. The molecule has 0 saturated carbocycles. The van der Waals surface area contributed by atoms with Crippen molar-refractivity contribution in [2.45, 2.75) is 13.8 Å². The molecule has 0 bridgehead atoms. The van der Waals surface area contributed by atoms with E-state index in [1.807, 2.05) is 42.6 Å². The van der Waals surface area contributed by atoms with E-state index in [-0.39, 0.29) is 0 Å². The highest BCUT2D eigenvalue weighted by Crippen LogP contribution is 2.24. The summed E-state index contributed by atoms with van der Waals surface area (Å²) >= 11 is 0. The van der Waals surface area contributed by atoms with Crippen LogP contribution in [0, 0.1) is 13.8 Å². The molecule has 0 unspecified atom stereocenters. The lowest BCUT2D eigenvalue weighted by molar-refractivity contribution is 1.05. The summed E-state index contributed by atoms with van der Waals surface area (Å²) in [5, 5.41) is 0. The normalized spacial score (nSPS) is 11.0. The fourth-order valence-corrected chi connectivity index (χ4v) is 1.94. The molecule has 3 rings (SSSR count). The number of rotatable bonds is 1. The van der Waals surface area contributed by atoms with Crippen LogP contribution in [0.4, 0.5) is 5.82 Å². The lowest BCUT2D eigenvalue weighted by Crippen LogP contribution is -1.96. The number of fused-ring (bicyclic) bond motifs is 1. The summed E-state index contributed by atoms with van der Waals surface area (Å²) in [5.74, 6) is 1.31. The molecule has 18 heavy (non-hydrogen) atoms. The fraction of sp³-hybridized carbons (Fsp3) is 0.154. The Kier molecular flexibility index (Phi) is 2.26. The van der Waals surface area contributed by atoms with Gasteiger partial charge in [0.15, 0.2) is 0 Å². The van der Waals surface area contributed by atoms with Gasteiger partial charge in [0.25, 0.3) is 0 Å². The highest BCUT2D eigenvalue weighted by atomic mass is 15.1. The maximum Gasteiger partial charge on any atom is 0.139 e. The molecule has 0 fully saturated rings. The smallest absolute Gasteiger partial charge is 0.139 e. The zero-order valence-corrected chi connectivity index (χ0v) is 10.3. The van der Waals surface area contributed by atoms with Crippen LogP contribution in [0.5, 0.6) is 0 Å². The molecule has 0 atom stereocenters. The Hall–Kier alpha value is -2.43. The molecule has 5 nitrogen and oxygen atoms in total. The number of aryl methyl sites for hydroxylation is 2. The lowest BCUT2D eigenvalue weighted by atomic mass is 10.3. The molecule has 0 saturated heterocycles. The number of hydrogen-bond donors (Lipinski definition) is 1. The molecule has 3 aromatic heterocycles. The standard InChI is InChI=1S/C13H13N5/c1-8-4-6-18-11(7-8)17-12(13(18)14)10-3-5-15-9(2)16-10/h3-7H,14H2,1-2H3. The van der Waals surface area contributed by atoms with Gasteiger partial charge in [0, 0.05) is 12.4 Å². The quantitative estimate of drug-likeness (QED) is 0.705. The van der Waals surface area contributed by atoms with Crippen LogP contribution >= 0.6 is 0 Å². The zero-order valence-electron chi connectivity index (χ0n) is 10.3. The molecule has 2 N–H and O–H groups in total. The van der Waals surface area contributed by atoms with Gasteiger partial charge in [-0.05, 0) is 37.6 Å². The summed E-state index contributed by atoms with van der Waals surface area (Å²) in [6.07, 6.45) is 3.64. The summed E-state index contributed by atoms with van der Waals surface area (Å²) in [6.45, 7) is 3.87. The number of nitrogens with zero attached hydrogens (tertiary/aromatic N) is 4. The molecule has 90 valence electrons. The van der Waals surface area contributed by atoms with E-state index >= 15 is 0 Å². The summed E-state index contributed by atoms with van der Waals surface area (Å²) in [7, 11) is 0. The summed E-state index contributed by atoms with van der Waals surface area (Å²) < 4.78 is 1.86. The van der Waals surface area contributed by atoms with E-state index in [0.29, 0.717) is 17.3 Å². The number of hydrogen-bond acceptors (Lipinski definition) is 4. The predicted molar refractivity (Wildman–Crippen MR) is 70.1 cm³/mol. The van der Waals surface area contributed by atoms with Crippen LogP contribution in [0.1, 0.15) is 11.4 Å². The molecule has 5 heteroatoms. The molecule has 0 spiro atoms. The van der Waals surface area contributed by atoms with Gasteiger partial charge in [-0.3, -0.25) is 4.40 Å². The van der Waals surface area contributed by atoms with E-state index in [1.165, 1.54) is 0 Å². The van der Waals surface area contributed by atoms with Gasteiger partial charge in [0.05, 0.1) is 5.69 Å². The molecule has 0 aliphatic carbocycles. The van der Waals surface area contributed by atoms with E-state index in [0.717, 1.165) is 16.9 Å². The number of pyridine rings is 1. The topological polar surface area (TPSA) is 69.1 Å². The maximum absolute atomic E-state index is 6.11. The molecular formula is C13H13N5. The molecule has 3 aromatic rings. The van der Waals surface area contributed by atoms with Gasteiger partial charge in [0.2, 0.25) is 0 Å². The third-order valence-corrected chi connectivity index (χ3v) is 2.84. The third-order valence-electron chi connectivity index (χ3n) is 2.84. The average molecular weight is 239 g/mol. The fourth-order valence-electron chi connectivity index (χ4n) is 1.94. The Morgan fingerprint density at radius 1 is 1.17 bits per heavy atom. The first-order valence-electron chi connectivity index (χ1n) is 5.69. The van der Waals surface area contributed by atoms with Crippen molar-refractivity contribution in [1.82, 2.24) is 19.4 Å². The van der Waals surface area contributed by atoms with Gasteiger partial charge in [-0.1, -0.05) is 0 Å². The Bertz CT molecular complexity index is 729. The highest BCUT2D eigenvalue weighted by Gasteiger charge is 2.12. The van der Waals surface area contributed by atoms with Crippen LogP contribution in [0.2, 0.25) is 0 Å². The number of anilines is 1.